The van der Waals surface area contributed by atoms with Crippen LogP contribution in [0.1, 0.15) is 18.0 Å². The van der Waals surface area contributed by atoms with E-state index in [9.17, 15) is 0 Å². The van der Waals surface area contributed by atoms with Crippen molar-refractivity contribution in [3.63, 3.8) is 0 Å². The number of halogens is 1. The zero-order valence-corrected chi connectivity index (χ0v) is 8.08. The van der Waals surface area contributed by atoms with Gasteiger partial charge in [0.25, 0.3) is 0 Å². The molecule has 1 atom stereocenters. The monoisotopic (exact) mass is 224 g/mol. The third-order valence-electron chi connectivity index (χ3n) is 1.62. The molecule has 0 heterocycles. The first-order chi connectivity index (χ1) is 5.75. The number of hydrogen-bond acceptors (Lipinski definition) is 2. The minimum atomic E-state index is -0.189. The Morgan fingerprint density at radius 3 is 2.75 bits per heavy atom. The van der Waals surface area contributed by atoms with E-state index in [1.165, 1.54) is 0 Å². The minimum Gasteiger partial charge on any atom is -0.323 e. The quantitative estimate of drug-likeness (QED) is 0.839. The maximum absolute atomic E-state index is 8.44. The van der Waals surface area contributed by atoms with Gasteiger partial charge in [0.2, 0.25) is 0 Å². The molecule has 1 aromatic rings. The molecular formula is C9H9BrN2. The lowest BCUT2D eigenvalue weighted by molar-refractivity contribution is 0.745. The summed E-state index contributed by atoms with van der Waals surface area (Å²) in [5, 5.41) is 8.44. The summed E-state index contributed by atoms with van der Waals surface area (Å²) in [5.41, 5.74) is 6.74. The van der Waals surface area contributed by atoms with Gasteiger partial charge in [0.1, 0.15) is 0 Å². The molecule has 0 saturated heterocycles. The van der Waals surface area contributed by atoms with Crippen LogP contribution in [-0.2, 0) is 0 Å². The van der Waals surface area contributed by atoms with E-state index < -0.39 is 0 Å². The average Bonchev–Trinajstić information content (AvgIpc) is 2.05. The first-order valence-electron chi connectivity index (χ1n) is 3.62. The summed E-state index contributed by atoms with van der Waals surface area (Å²) in [6.07, 6.45) is 0.350. The number of nitrogens with zero attached hydrogens (tertiary/aromatic N) is 1. The molecule has 2 nitrogen and oxygen atoms in total. The topological polar surface area (TPSA) is 49.8 Å². The molecule has 3 heteroatoms. The SMILES string of the molecule is N#CC[C@H](N)c1ccccc1Br. The Labute approximate surface area is 80.1 Å². The average molecular weight is 225 g/mol. The van der Waals surface area contributed by atoms with Crippen LogP contribution in [0.15, 0.2) is 28.7 Å². The van der Waals surface area contributed by atoms with Gasteiger partial charge in [0.15, 0.2) is 0 Å². The molecule has 1 rings (SSSR count). The van der Waals surface area contributed by atoms with Gasteiger partial charge in [-0.1, -0.05) is 34.1 Å². The molecule has 0 radical (unpaired) electrons. The molecule has 62 valence electrons. The van der Waals surface area contributed by atoms with E-state index in [1.54, 1.807) is 0 Å². The Hall–Kier alpha value is -0.850. The molecule has 1 aromatic carbocycles. The molecule has 0 bridgehead atoms. The van der Waals surface area contributed by atoms with E-state index in [4.69, 9.17) is 11.0 Å². The van der Waals surface area contributed by atoms with E-state index in [0.717, 1.165) is 10.0 Å². The summed E-state index contributed by atoms with van der Waals surface area (Å²) in [5.74, 6) is 0. The summed E-state index contributed by atoms with van der Waals surface area (Å²) in [6, 6.07) is 9.54. The third kappa shape index (κ3) is 2.07. The van der Waals surface area contributed by atoms with Crippen molar-refractivity contribution in [1.82, 2.24) is 0 Å². The number of nitrogens with two attached hydrogens (primary N) is 1. The molecule has 2 N–H and O–H groups in total. The van der Waals surface area contributed by atoms with Crippen molar-refractivity contribution in [2.24, 2.45) is 5.73 Å². The van der Waals surface area contributed by atoms with Gasteiger partial charge in [0.05, 0.1) is 12.5 Å². The molecule has 0 unspecified atom stereocenters. The second-order valence-corrected chi connectivity index (χ2v) is 3.34. The lowest BCUT2D eigenvalue weighted by Crippen LogP contribution is -2.09. The highest BCUT2D eigenvalue weighted by Crippen LogP contribution is 2.22. The van der Waals surface area contributed by atoms with Crippen LogP contribution in [-0.4, -0.2) is 0 Å². The van der Waals surface area contributed by atoms with Gasteiger partial charge in [-0.25, -0.2) is 0 Å². The van der Waals surface area contributed by atoms with Crippen molar-refractivity contribution in [2.45, 2.75) is 12.5 Å². The van der Waals surface area contributed by atoms with Gasteiger partial charge in [-0.05, 0) is 11.6 Å². The fourth-order valence-corrected chi connectivity index (χ4v) is 1.56. The molecule has 0 amide bonds. The lowest BCUT2D eigenvalue weighted by Gasteiger charge is -2.08. The van der Waals surface area contributed by atoms with Gasteiger partial charge >= 0.3 is 0 Å². The smallest absolute Gasteiger partial charge is 0.0641 e. The standard InChI is InChI=1S/C9H9BrN2/c10-8-4-2-1-3-7(8)9(12)5-6-11/h1-4,9H,5,12H2/t9-/m0/s1. The fraction of sp³-hybridized carbons (Fsp3) is 0.222. The normalized spacial score (nSPS) is 12.1. The molecule has 0 saturated carbocycles. The van der Waals surface area contributed by atoms with Crippen LogP contribution in [0.3, 0.4) is 0 Å². The lowest BCUT2D eigenvalue weighted by atomic mass is 10.1. The molecule has 0 aromatic heterocycles. The maximum Gasteiger partial charge on any atom is 0.0641 e. The second-order valence-electron chi connectivity index (χ2n) is 2.49. The number of hydrogen-bond donors (Lipinski definition) is 1. The highest BCUT2D eigenvalue weighted by molar-refractivity contribution is 9.10. The third-order valence-corrected chi connectivity index (χ3v) is 2.34. The highest BCUT2D eigenvalue weighted by atomic mass is 79.9. The van der Waals surface area contributed by atoms with Crippen molar-refractivity contribution in [1.29, 1.82) is 5.26 Å². The van der Waals surface area contributed by atoms with Crippen molar-refractivity contribution < 1.29 is 0 Å². The van der Waals surface area contributed by atoms with Gasteiger partial charge in [-0.2, -0.15) is 5.26 Å². The van der Waals surface area contributed by atoms with E-state index in [0.29, 0.717) is 6.42 Å². The van der Waals surface area contributed by atoms with E-state index in [-0.39, 0.29) is 6.04 Å². The van der Waals surface area contributed by atoms with Gasteiger partial charge in [-0.15, -0.1) is 0 Å². The predicted octanol–water partition coefficient (Wildman–Crippen LogP) is 2.36. The first kappa shape index (κ1) is 9.24. The van der Waals surface area contributed by atoms with Crippen molar-refractivity contribution in [3.05, 3.63) is 34.3 Å². The van der Waals surface area contributed by atoms with Crippen molar-refractivity contribution in [2.75, 3.05) is 0 Å². The van der Waals surface area contributed by atoms with Crippen LogP contribution in [0.2, 0.25) is 0 Å². The Balaban J connectivity index is 2.88. The van der Waals surface area contributed by atoms with Crippen LogP contribution < -0.4 is 5.73 Å². The molecule has 12 heavy (non-hydrogen) atoms. The zero-order valence-electron chi connectivity index (χ0n) is 6.50. The summed E-state index contributed by atoms with van der Waals surface area (Å²) in [7, 11) is 0. The largest absolute Gasteiger partial charge is 0.323 e. The van der Waals surface area contributed by atoms with Crippen LogP contribution >= 0.6 is 15.9 Å². The zero-order chi connectivity index (χ0) is 8.97. The maximum atomic E-state index is 8.44. The van der Waals surface area contributed by atoms with Crippen LogP contribution in [0.4, 0.5) is 0 Å². The summed E-state index contributed by atoms with van der Waals surface area (Å²) in [6.45, 7) is 0. The van der Waals surface area contributed by atoms with Crippen molar-refractivity contribution >= 4 is 15.9 Å². The molecule has 0 aliphatic heterocycles. The first-order valence-corrected chi connectivity index (χ1v) is 4.42. The van der Waals surface area contributed by atoms with E-state index >= 15 is 0 Å². The van der Waals surface area contributed by atoms with Gasteiger partial charge in [-0.3, -0.25) is 0 Å². The van der Waals surface area contributed by atoms with E-state index in [1.807, 2.05) is 30.3 Å². The van der Waals surface area contributed by atoms with E-state index in [2.05, 4.69) is 15.9 Å². The molecule has 0 aliphatic rings. The van der Waals surface area contributed by atoms with Crippen LogP contribution in [0.5, 0.6) is 0 Å². The van der Waals surface area contributed by atoms with Gasteiger partial charge < -0.3 is 5.73 Å². The van der Waals surface area contributed by atoms with Gasteiger partial charge in [0, 0.05) is 10.5 Å². The molecule has 0 spiro atoms. The molecule has 0 fully saturated rings. The van der Waals surface area contributed by atoms with Crippen LogP contribution in [0.25, 0.3) is 0 Å². The summed E-state index contributed by atoms with van der Waals surface area (Å²) >= 11 is 3.38. The number of nitriles is 1. The van der Waals surface area contributed by atoms with Crippen molar-refractivity contribution in [3.8, 4) is 6.07 Å². The summed E-state index contributed by atoms with van der Waals surface area (Å²) in [4.78, 5) is 0. The highest BCUT2D eigenvalue weighted by Gasteiger charge is 2.07. The molecule has 0 aliphatic carbocycles. The molecular weight excluding hydrogens is 216 g/mol. The number of benzene rings is 1. The number of rotatable bonds is 2. The van der Waals surface area contributed by atoms with Crippen LogP contribution in [0, 0.1) is 11.3 Å². The Morgan fingerprint density at radius 2 is 2.17 bits per heavy atom. The minimum absolute atomic E-state index is 0.189. The Kier molecular flexibility index (Phi) is 3.27. The fourth-order valence-electron chi connectivity index (χ4n) is 0.984. The Bertz CT molecular complexity index is 304. The second kappa shape index (κ2) is 4.24. The summed E-state index contributed by atoms with van der Waals surface area (Å²) < 4.78 is 0.966. The predicted molar refractivity (Wildman–Crippen MR) is 51.3 cm³/mol. The Morgan fingerprint density at radius 1 is 1.50 bits per heavy atom.